The zero-order valence-corrected chi connectivity index (χ0v) is 15.0. The van der Waals surface area contributed by atoms with Crippen molar-refractivity contribution >= 4 is 17.5 Å². The molecule has 3 N–H and O–H groups in total. The Morgan fingerprint density at radius 1 is 1.13 bits per heavy atom. The standard InChI is InChI=1S/C15H14F9N5O/c1-5(14(19,20)21)25-11-27-10(7-3-4-13(17,18)9(30)8(7)16)28-12(29-11)26-6(2)15(22,23)24/h6,9,30H,1,3-4H2,2H3,(H2,25,26,27,28,29)/t6-,9?/m0/s1. The molecule has 0 spiro atoms. The number of alkyl halides is 8. The molecular formula is C15H14F9N5O. The van der Waals surface area contributed by atoms with Crippen molar-refractivity contribution in [1.82, 2.24) is 15.0 Å². The molecule has 2 atom stereocenters. The minimum absolute atomic E-state index is 0.649. The molecule has 0 bridgehead atoms. The molecule has 0 radical (unpaired) electrons. The van der Waals surface area contributed by atoms with Gasteiger partial charge in [-0.1, -0.05) is 6.58 Å². The average Bonchev–Trinajstić information content (AvgIpc) is 2.58. The van der Waals surface area contributed by atoms with Crippen molar-refractivity contribution in [3.63, 3.8) is 0 Å². The molecule has 2 rings (SSSR count). The Morgan fingerprint density at radius 3 is 2.23 bits per heavy atom. The summed E-state index contributed by atoms with van der Waals surface area (Å²) in [5.41, 5.74) is -2.31. The molecule has 0 aromatic carbocycles. The second-order valence-corrected chi connectivity index (χ2v) is 6.31. The molecule has 1 aromatic rings. The molecule has 1 aliphatic carbocycles. The van der Waals surface area contributed by atoms with Crippen molar-refractivity contribution in [2.45, 2.75) is 50.2 Å². The summed E-state index contributed by atoms with van der Waals surface area (Å²) < 4.78 is 117. The minimum Gasteiger partial charge on any atom is -0.380 e. The lowest BCUT2D eigenvalue weighted by atomic mass is 9.92. The lowest BCUT2D eigenvalue weighted by Gasteiger charge is -2.27. The van der Waals surface area contributed by atoms with E-state index in [1.165, 1.54) is 0 Å². The average molecular weight is 451 g/mol. The number of anilines is 2. The van der Waals surface area contributed by atoms with Crippen LogP contribution in [0.4, 0.5) is 51.4 Å². The summed E-state index contributed by atoms with van der Waals surface area (Å²) in [4.78, 5) is 10.3. The van der Waals surface area contributed by atoms with Gasteiger partial charge in [0.1, 0.15) is 17.6 Å². The molecule has 15 heteroatoms. The van der Waals surface area contributed by atoms with E-state index in [2.05, 4.69) is 21.5 Å². The van der Waals surface area contributed by atoms with Gasteiger partial charge in [0, 0.05) is 12.0 Å². The molecule has 1 aromatic heterocycles. The number of aromatic nitrogens is 3. The number of aliphatic hydroxyl groups is 1. The van der Waals surface area contributed by atoms with Crippen molar-refractivity contribution < 1.29 is 44.6 Å². The van der Waals surface area contributed by atoms with Gasteiger partial charge in [0.15, 0.2) is 11.9 Å². The zero-order chi connectivity index (χ0) is 23.1. The van der Waals surface area contributed by atoms with Crippen molar-refractivity contribution in [1.29, 1.82) is 0 Å². The van der Waals surface area contributed by atoms with Crippen LogP contribution >= 0.6 is 0 Å². The SMILES string of the molecule is C=C(Nc1nc(N[C@@H](C)C(F)(F)F)nc(C2=C(F)C(O)C(F)(F)CC2)n1)C(F)(F)F. The van der Waals surface area contributed by atoms with Crippen LogP contribution in [0.25, 0.3) is 5.57 Å². The normalized spacial score (nSPS) is 20.7. The molecule has 0 saturated heterocycles. The van der Waals surface area contributed by atoms with Gasteiger partial charge in [0.25, 0.3) is 5.92 Å². The van der Waals surface area contributed by atoms with E-state index in [1.54, 1.807) is 10.6 Å². The quantitative estimate of drug-likeness (QED) is 0.583. The van der Waals surface area contributed by atoms with Crippen molar-refractivity contribution in [2.75, 3.05) is 10.6 Å². The van der Waals surface area contributed by atoms with Crippen LogP contribution < -0.4 is 10.6 Å². The Hall–Kier alpha value is -2.58. The van der Waals surface area contributed by atoms with E-state index in [1.807, 2.05) is 0 Å². The third-order valence-corrected chi connectivity index (χ3v) is 3.98. The highest BCUT2D eigenvalue weighted by molar-refractivity contribution is 5.66. The third kappa shape index (κ3) is 5.31. The molecule has 0 amide bonds. The summed E-state index contributed by atoms with van der Waals surface area (Å²) in [6.45, 7) is 3.33. The summed E-state index contributed by atoms with van der Waals surface area (Å²) in [6, 6.07) is -2.27. The van der Waals surface area contributed by atoms with Crippen molar-refractivity contribution in [3.05, 3.63) is 23.9 Å². The summed E-state index contributed by atoms with van der Waals surface area (Å²) in [6.07, 6.45) is -14.4. The Morgan fingerprint density at radius 2 is 1.70 bits per heavy atom. The Bertz CT molecular complexity index is 850. The zero-order valence-electron chi connectivity index (χ0n) is 15.0. The van der Waals surface area contributed by atoms with Crippen LogP contribution in [0.5, 0.6) is 0 Å². The second-order valence-electron chi connectivity index (χ2n) is 6.31. The molecule has 1 heterocycles. The maximum atomic E-state index is 14.2. The lowest BCUT2D eigenvalue weighted by molar-refractivity contribution is -0.138. The highest BCUT2D eigenvalue weighted by atomic mass is 19.4. The molecular weight excluding hydrogens is 437 g/mol. The number of hydrogen-bond donors (Lipinski definition) is 3. The van der Waals surface area contributed by atoms with E-state index in [-0.39, 0.29) is 0 Å². The number of allylic oxidation sites excluding steroid dienone is 2. The van der Waals surface area contributed by atoms with Gasteiger partial charge in [0.2, 0.25) is 11.9 Å². The Kier molecular flexibility index (Phi) is 6.26. The highest BCUT2D eigenvalue weighted by Crippen LogP contribution is 2.41. The van der Waals surface area contributed by atoms with Crippen LogP contribution in [0.2, 0.25) is 0 Å². The molecule has 0 saturated carbocycles. The van der Waals surface area contributed by atoms with Crippen LogP contribution in [0.15, 0.2) is 18.1 Å². The Labute approximate surface area is 162 Å². The van der Waals surface area contributed by atoms with Crippen LogP contribution in [-0.2, 0) is 0 Å². The minimum atomic E-state index is -4.98. The first kappa shape index (κ1) is 23.7. The summed E-state index contributed by atoms with van der Waals surface area (Å²) in [7, 11) is 0. The molecule has 0 aliphatic heterocycles. The fourth-order valence-corrected chi connectivity index (χ4v) is 2.23. The lowest BCUT2D eigenvalue weighted by Crippen LogP contribution is -2.37. The fraction of sp³-hybridized carbons (Fsp3) is 0.533. The van der Waals surface area contributed by atoms with Crippen molar-refractivity contribution in [2.24, 2.45) is 0 Å². The number of rotatable bonds is 5. The van der Waals surface area contributed by atoms with Crippen molar-refractivity contribution in [3.8, 4) is 0 Å². The van der Waals surface area contributed by atoms with Crippen LogP contribution in [-0.4, -0.2) is 50.5 Å². The van der Waals surface area contributed by atoms with Crippen LogP contribution in [0.1, 0.15) is 25.6 Å². The number of halogens is 9. The van der Waals surface area contributed by atoms with Gasteiger partial charge in [0.05, 0.1) is 0 Å². The van der Waals surface area contributed by atoms with Gasteiger partial charge < -0.3 is 15.7 Å². The van der Waals surface area contributed by atoms with Gasteiger partial charge in [-0.2, -0.15) is 41.3 Å². The maximum Gasteiger partial charge on any atom is 0.430 e. The molecule has 0 fully saturated rings. The molecule has 30 heavy (non-hydrogen) atoms. The van der Waals surface area contributed by atoms with Gasteiger partial charge in [-0.25, -0.2) is 13.2 Å². The molecule has 6 nitrogen and oxygen atoms in total. The maximum absolute atomic E-state index is 14.2. The Balaban J connectivity index is 2.51. The van der Waals surface area contributed by atoms with Crippen LogP contribution in [0, 0.1) is 0 Å². The van der Waals surface area contributed by atoms with E-state index in [9.17, 15) is 44.6 Å². The van der Waals surface area contributed by atoms with E-state index >= 15 is 0 Å². The predicted octanol–water partition coefficient (Wildman–Crippen LogP) is 4.19. The highest BCUT2D eigenvalue weighted by Gasteiger charge is 2.46. The molecule has 1 unspecified atom stereocenters. The predicted molar refractivity (Wildman–Crippen MR) is 86.0 cm³/mol. The number of aliphatic hydroxyl groups excluding tert-OH is 1. The number of nitrogens with zero attached hydrogens (tertiary/aromatic N) is 3. The second kappa shape index (κ2) is 7.92. The molecule has 168 valence electrons. The summed E-state index contributed by atoms with van der Waals surface area (Å²) >= 11 is 0. The topological polar surface area (TPSA) is 83.0 Å². The van der Waals surface area contributed by atoms with E-state index in [4.69, 9.17) is 0 Å². The van der Waals surface area contributed by atoms with Crippen LogP contribution in [0.3, 0.4) is 0 Å². The summed E-state index contributed by atoms with van der Waals surface area (Å²) in [5, 5.41) is 12.7. The van der Waals surface area contributed by atoms with E-state index < -0.39 is 78.1 Å². The fourth-order valence-electron chi connectivity index (χ4n) is 2.23. The first-order valence-electron chi connectivity index (χ1n) is 8.09. The number of nitrogens with one attached hydrogen (secondary N) is 2. The van der Waals surface area contributed by atoms with Gasteiger partial charge >= 0.3 is 12.4 Å². The largest absolute Gasteiger partial charge is 0.430 e. The number of hydrogen-bond acceptors (Lipinski definition) is 6. The third-order valence-electron chi connectivity index (χ3n) is 3.98. The monoisotopic (exact) mass is 451 g/mol. The van der Waals surface area contributed by atoms with Gasteiger partial charge in [-0.15, -0.1) is 0 Å². The molecule has 1 aliphatic rings. The van der Waals surface area contributed by atoms with E-state index in [0.29, 0.717) is 6.92 Å². The van der Waals surface area contributed by atoms with Gasteiger partial charge in [-0.05, 0) is 13.3 Å². The summed E-state index contributed by atoms with van der Waals surface area (Å²) in [5.74, 6) is -8.28. The smallest absolute Gasteiger partial charge is 0.380 e. The first-order chi connectivity index (χ1) is 13.5. The van der Waals surface area contributed by atoms with Gasteiger partial charge in [-0.3, -0.25) is 0 Å². The first-order valence-corrected chi connectivity index (χ1v) is 8.09. The van der Waals surface area contributed by atoms with E-state index in [0.717, 1.165) is 0 Å².